The zero-order valence-corrected chi connectivity index (χ0v) is 17.2. The maximum atomic E-state index is 12.3. The monoisotopic (exact) mass is 392 g/mol. The van der Waals surface area contributed by atoms with Crippen molar-refractivity contribution in [2.45, 2.75) is 27.7 Å². The van der Waals surface area contributed by atoms with E-state index in [1.54, 1.807) is 25.3 Å². The lowest BCUT2D eigenvalue weighted by atomic mass is 9.96. The van der Waals surface area contributed by atoms with Gasteiger partial charge in [-0.25, -0.2) is 9.80 Å². The van der Waals surface area contributed by atoms with Gasteiger partial charge < -0.3 is 14.6 Å². The van der Waals surface area contributed by atoms with E-state index in [4.69, 9.17) is 9.47 Å². The molecule has 1 N–H and O–H groups in total. The highest BCUT2D eigenvalue weighted by molar-refractivity contribution is 6.01. The third-order valence-corrected chi connectivity index (χ3v) is 4.50. The summed E-state index contributed by atoms with van der Waals surface area (Å²) in [7, 11) is 1.27. The van der Waals surface area contributed by atoms with Crippen LogP contribution in [0.1, 0.15) is 36.1 Å². The molecule has 29 heavy (non-hydrogen) atoms. The van der Waals surface area contributed by atoms with Crippen molar-refractivity contribution in [2.75, 3.05) is 7.11 Å². The molecule has 1 heterocycles. The molecule has 0 saturated heterocycles. The number of fused-ring (bicyclic) bond motifs is 1. The molecule has 6 heteroatoms. The van der Waals surface area contributed by atoms with Crippen molar-refractivity contribution in [1.29, 1.82) is 0 Å². The number of hydrogen-bond donors (Lipinski definition) is 1. The number of ether oxygens (including phenoxy) is 2. The molecule has 0 atom stereocenters. The molecule has 0 spiro atoms. The van der Waals surface area contributed by atoms with Gasteiger partial charge in [0.15, 0.2) is 11.5 Å². The number of benzene rings is 2. The van der Waals surface area contributed by atoms with Gasteiger partial charge in [-0.3, -0.25) is 0 Å². The number of hydrazone groups is 1. The summed E-state index contributed by atoms with van der Waals surface area (Å²) in [5.41, 5.74) is 4.04. The van der Waals surface area contributed by atoms with Gasteiger partial charge in [0.1, 0.15) is 11.5 Å². The second-order valence-corrected chi connectivity index (χ2v) is 6.68. The first kappa shape index (κ1) is 20.2. The summed E-state index contributed by atoms with van der Waals surface area (Å²) >= 11 is 0. The van der Waals surface area contributed by atoms with Crippen LogP contribution in [0, 0.1) is 13.8 Å². The highest BCUT2D eigenvalue weighted by atomic mass is 16.5. The summed E-state index contributed by atoms with van der Waals surface area (Å²) in [5.74, 6) is 0.483. The molecule has 6 nitrogen and oxygen atoms in total. The zero-order valence-electron chi connectivity index (χ0n) is 17.2. The minimum atomic E-state index is -0.673. The maximum absolute atomic E-state index is 12.3. The Morgan fingerprint density at radius 2 is 1.72 bits per heavy atom. The van der Waals surface area contributed by atoms with E-state index in [1.165, 1.54) is 12.1 Å². The summed E-state index contributed by atoms with van der Waals surface area (Å²) in [6.45, 7) is 7.60. The highest BCUT2D eigenvalue weighted by Crippen LogP contribution is 2.40. The third kappa shape index (κ3) is 3.87. The first-order chi connectivity index (χ1) is 13.9. The lowest BCUT2D eigenvalue weighted by molar-refractivity contribution is -0.137. The van der Waals surface area contributed by atoms with Gasteiger partial charge >= 0.3 is 5.97 Å². The van der Waals surface area contributed by atoms with Crippen molar-refractivity contribution >= 4 is 23.6 Å². The molecule has 0 fully saturated rings. The van der Waals surface area contributed by atoms with Gasteiger partial charge in [-0.2, -0.15) is 5.10 Å². The first-order valence-corrected chi connectivity index (χ1v) is 9.27. The Morgan fingerprint density at radius 3 is 2.31 bits per heavy atom. The molecule has 0 saturated carbocycles. The van der Waals surface area contributed by atoms with Crippen LogP contribution in [0.5, 0.6) is 11.5 Å². The van der Waals surface area contributed by atoms with Crippen molar-refractivity contribution in [3.63, 3.8) is 0 Å². The first-order valence-electron chi connectivity index (χ1n) is 9.27. The van der Waals surface area contributed by atoms with E-state index in [1.807, 2.05) is 45.0 Å². The van der Waals surface area contributed by atoms with Gasteiger partial charge in [0, 0.05) is 17.3 Å². The lowest BCUT2D eigenvalue weighted by Gasteiger charge is -2.30. The Hall–Kier alpha value is -3.54. The summed E-state index contributed by atoms with van der Waals surface area (Å²) in [4.78, 5) is 12.3. The van der Waals surface area contributed by atoms with E-state index in [2.05, 4.69) is 11.2 Å². The zero-order chi connectivity index (χ0) is 21.1. The van der Waals surface area contributed by atoms with Crippen LogP contribution < -0.4 is 4.74 Å². The number of aliphatic hydroxyl groups is 1. The number of nitrogens with zero attached hydrogens (tertiary/aromatic N) is 2. The Morgan fingerprint density at radius 1 is 1.03 bits per heavy atom. The van der Waals surface area contributed by atoms with Gasteiger partial charge in [0.2, 0.25) is 0 Å². The second kappa shape index (κ2) is 8.22. The highest BCUT2D eigenvalue weighted by Gasteiger charge is 2.34. The van der Waals surface area contributed by atoms with Crippen molar-refractivity contribution in [1.82, 2.24) is 5.01 Å². The lowest BCUT2D eigenvalue weighted by Crippen LogP contribution is -2.28. The van der Waals surface area contributed by atoms with Crippen LogP contribution in [0.25, 0.3) is 11.5 Å². The minimum Gasteiger partial charge on any atom is -0.505 e. The Labute approximate surface area is 170 Å². The Balaban J connectivity index is 2.12. The maximum Gasteiger partial charge on any atom is 0.360 e. The molecule has 0 aliphatic carbocycles. The minimum absolute atomic E-state index is 0.0332. The van der Waals surface area contributed by atoms with Crippen LogP contribution in [-0.4, -0.2) is 29.4 Å². The fourth-order valence-corrected chi connectivity index (χ4v) is 3.39. The molecule has 3 rings (SSSR count). The number of carbonyl (C=O) groups excluding carboxylic acids is 1. The molecular weight excluding hydrogens is 368 g/mol. The van der Waals surface area contributed by atoms with E-state index in [0.717, 1.165) is 16.9 Å². The number of allylic oxidation sites excluding steroid dienone is 1. The number of methoxy groups -OCH3 is 1. The van der Waals surface area contributed by atoms with E-state index >= 15 is 0 Å². The number of esters is 1. The van der Waals surface area contributed by atoms with Crippen LogP contribution in [0.4, 0.5) is 0 Å². The van der Waals surface area contributed by atoms with E-state index < -0.39 is 5.97 Å². The van der Waals surface area contributed by atoms with Crippen LogP contribution in [-0.2, 0) is 9.53 Å². The Bertz CT molecular complexity index is 1030. The second-order valence-electron chi connectivity index (χ2n) is 6.68. The van der Waals surface area contributed by atoms with E-state index in [-0.39, 0.29) is 11.5 Å². The fourth-order valence-electron chi connectivity index (χ4n) is 3.39. The van der Waals surface area contributed by atoms with Crippen LogP contribution in [0.3, 0.4) is 0 Å². The summed E-state index contributed by atoms with van der Waals surface area (Å²) in [6, 6.07) is 11.3. The van der Waals surface area contributed by atoms with Gasteiger partial charge in [-0.05, 0) is 69.2 Å². The predicted octanol–water partition coefficient (Wildman–Crippen LogP) is 5.18. The third-order valence-electron chi connectivity index (χ3n) is 4.50. The van der Waals surface area contributed by atoms with Crippen LogP contribution in [0.2, 0.25) is 0 Å². The number of aryl methyl sites for hydroxylation is 2. The molecule has 150 valence electrons. The average molecular weight is 392 g/mol. The van der Waals surface area contributed by atoms with Gasteiger partial charge in [0.05, 0.1) is 12.8 Å². The normalized spacial score (nSPS) is 15.1. The largest absolute Gasteiger partial charge is 0.505 e. The molecule has 1 aliphatic heterocycles. The number of carbonyl (C=O) groups is 1. The Kier molecular flexibility index (Phi) is 5.73. The van der Waals surface area contributed by atoms with Crippen LogP contribution in [0.15, 0.2) is 53.3 Å². The molecule has 0 aromatic heterocycles. The smallest absolute Gasteiger partial charge is 0.360 e. The van der Waals surface area contributed by atoms with E-state index in [0.29, 0.717) is 22.6 Å². The summed E-state index contributed by atoms with van der Waals surface area (Å²) in [6.07, 6.45) is 3.36. The molecule has 2 aromatic rings. The molecular formula is C23H24N2O4. The predicted molar refractivity (Wildman–Crippen MR) is 114 cm³/mol. The molecule has 0 bridgehead atoms. The molecule has 1 aliphatic rings. The van der Waals surface area contributed by atoms with E-state index in [9.17, 15) is 9.90 Å². The average Bonchev–Trinajstić information content (AvgIpc) is 2.67. The fraction of sp³-hybridized carbons (Fsp3) is 0.217. The standard InChI is InChI=1S/C23H24N2O4/c1-6-20-19-13-16(29-17-11-14(3)10-15(4)12-17)8-9-18(19)22(26)21(23(27)28-5)25(20)24-7-2/h6-13,26H,1-5H3/b20-6+,24-7-. The molecule has 0 unspecified atom stereocenters. The number of hydrogen-bond acceptors (Lipinski definition) is 6. The topological polar surface area (TPSA) is 71.4 Å². The molecule has 0 radical (unpaired) electrons. The van der Waals surface area contributed by atoms with Crippen LogP contribution >= 0.6 is 0 Å². The van der Waals surface area contributed by atoms with Gasteiger partial charge in [-0.15, -0.1) is 0 Å². The summed E-state index contributed by atoms with van der Waals surface area (Å²) < 4.78 is 10.9. The van der Waals surface area contributed by atoms with Crippen molar-refractivity contribution in [2.24, 2.45) is 5.10 Å². The van der Waals surface area contributed by atoms with Crippen molar-refractivity contribution < 1.29 is 19.4 Å². The van der Waals surface area contributed by atoms with Gasteiger partial charge in [-0.1, -0.05) is 12.1 Å². The summed E-state index contributed by atoms with van der Waals surface area (Å²) in [5, 5.41) is 16.4. The molecule has 2 aromatic carbocycles. The molecule has 0 amide bonds. The number of rotatable bonds is 4. The quantitative estimate of drug-likeness (QED) is 0.574. The van der Waals surface area contributed by atoms with Gasteiger partial charge in [0.25, 0.3) is 0 Å². The van der Waals surface area contributed by atoms with Crippen molar-refractivity contribution in [3.05, 3.63) is 70.4 Å². The van der Waals surface area contributed by atoms with Crippen molar-refractivity contribution in [3.8, 4) is 11.5 Å². The SMILES string of the molecule is C/C=N\N1C(C(=O)OC)=C(O)c2ccc(Oc3cc(C)cc(C)c3)cc2/C1=C\C. The number of aliphatic hydroxyl groups excluding tert-OH is 1.